The molecule has 7 nitrogen and oxygen atoms in total. The van der Waals surface area contributed by atoms with E-state index in [9.17, 15) is 0 Å². The highest BCUT2D eigenvalue weighted by atomic mass is 16.5. The fourth-order valence-electron chi connectivity index (χ4n) is 2.94. The van der Waals surface area contributed by atoms with Gasteiger partial charge in [-0.05, 0) is 48.5 Å². The van der Waals surface area contributed by atoms with Crippen molar-refractivity contribution in [1.29, 1.82) is 0 Å². The van der Waals surface area contributed by atoms with E-state index in [1.807, 2.05) is 54.6 Å². The predicted molar refractivity (Wildman–Crippen MR) is 101 cm³/mol. The molecule has 0 saturated carbocycles. The molecule has 0 aliphatic heterocycles. The third kappa shape index (κ3) is 2.93. The number of fused-ring (bicyclic) bond motifs is 1. The summed E-state index contributed by atoms with van der Waals surface area (Å²) in [5.74, 6) is 2.59. The highest BCUT2D eigenvalue weighted by molar-refractivity contribution is 5.71. The maximum atomic E-state index is 5.53. The lowest BCUT2D eigenvalue weighted by Gasteiger charge is -2.11. The molecule has 4 aromatic rings. The number of benzene rings is 2. The molecular weight excluding hydrogens is 344 g/mol. The summed E-state index contributed by atoms with van der Waals surface area (Å²) in [5, 5.41) is 13.3. The first-order chi connectivity index (χ1) is 13.2. The molecule has 136 valence electrons. The van der Waals surface area contributed by atoms with E-state index in [4.69, 9.17) is 19.3 Å². The zero-order valence-corrected chi connectivity index (χ0v) is 15.2. The second-order valence-electron chi connectivity index (χ2n) is 5.78. The zero-order chi connectivity index (χ0) is 18.8. The summed E-state index contributed by atoms with van der Waals surface area (Å²) in [6, 6.07) is 17.1. The van der Waals surface area contributed by atoms with Gasteiger partial charge in [0.2, 0.25) is 0 Å². The second kappa shape index (κ2) is 6.95. The van der Waals surface area contributed by atoms with E-state index in [1.165, 1.54) is 0 Å². The third-order valence-corrected chi connectivity index (χ3v) is 4.29. The molecule has 0 atom stereocenters. The summed E-state index contributed by atoms with van der Waals surface area (Å²) in [6.07, 6.45) is 0. The summed E-state index contributed by atoms with van der Waals surface area (Å²) in [5.41, 5.74) is 3.17. The van der Waals surface area contributed by atoms with Crippen LogP contribution in [-0.2, 0) is 0 Å². The zero-order valence-electron chi connectivity index (χ0n) is 15.2. The molecule has 0 amide bonds. The van der Waals surface area contributed by atoms with Gasteiger partial charge in [0, 0.05) is 5.56 Å². The van der Waals surface area contributed by atoms with Gasteiger partial charge in [0.1, 0.15) is 5.75 Å². The van der Waals surface area contributed by atoms with Crippen molar-refractivity contribution >= 4 is 5.65 Å². The molecule has 0 unspecified atom stereocenters. The van der Waals surface area contributed by atoms with Crippen molar-refractivity contribution in [3.63, 3.8) is 0 Å². The summed E-state index contributed by atoms with van der Waals surface area (Å²) in [6.45, 7) is 0. The Bertz CT molecular complexity index is 1090. The maximum absolute atomic E-state index is 5.53. The third-order valence-electron chi connectivity index (χ3n) is 4.29. The Labute approximate surface area is 156 Å². The van der Waals surface area contributed by atoms with Crippen LogP contribution in [0.4, 0.5) is 0 Å². The molecule has 0 N–H and O–H groups in total. The SMILES string of the molecule is COc1ccc(-c2ccc3nnc(-c4cccc(OC)c4OC)n3n2)cc1. The normalized spacial score (nSPS) is 10.8. The fraction of sp³-hybridized carbons (Fsp3) is 0.150. The Morgan fingerprint density at radius 3 is 2.30 bits per heavy atom. The summed E-state index contributed by atoms with van der Waals surface area (Å²) >= 11 is 0. The largest absolute Gasteiger partial charge is 0.497 e. The van der Waals surface area contributed by atoms with Crippen molar-refractivity contribution in [3.05, 3.63) is 54.6 Å². The molecule has 0 aliphatic carbocycles. The lowest BCUT2D eigenvalue weighted by atomic mass is 10.1. The molecule has 0 aliphatic rings. The van der Waals surface area contributed by atoms with Gasteiger partial charge in [0.15, 0.2) is 23.0 Å². The Balaban J connectivity index is 1.86. The molecule has 0 fully saturated rings. The Kier molecular flexibility index (Phi) is 4.33. The quantitative estimate of drug-likeness (QED) is 0.541. The number of hydrogen-bond donors (Lipinski definition) is 0. The molecule has 2 heterocycles. The van der Waals surface area contributed by atoms with Crippen molar-refractivity contribution in [2.75, 3.05) is 21.3 Å². The molecule has 0 spiro atoms. The number of ether oxygens (including phenoxy) is 3. The molecule has 2 aromatic heterocycles. The van der Waals surface area contributed by atoms with Crippen LogP contribution in [0.1, 0.15) is 0 Å². The predicted octanol–water partition coefficient (Wildman–Crippen LogP) is 3.48. The number of rotatable bonds is 5. The van der Waals surface area contributed by atoms with E-state index in [2.05, 4.69) is 10.2 Å². The van der Waals surface area contributed by atoms with E-state index < -0.39 is 0 Å². The van der Waals surface area contributed by atoms with Gasteiger partial charge in [-0.25, -0.2) is 0 Å². The summed E-state index contributed by atoms with van der Waals surface area (Å²) in [4.78, 5) is 0. The number of aromatic nitrogens is 4. The lowest BCUT2D eigenvalue weighted by Crippen LogP contribution is -1.99. The highest BCUT2D eigenvalue weighted by Gasteiger charge is 2.18. The van der Waals surface area contributed by atoms with Crippen LogP contribution in [-0.4, -0.2) is 41.1 Å². The lowest BCUT2D eigenvalue weighted by molar-refractivity contribution is 0.356. The molecule has 27 heavy (non-hydrogen) atoms. The van der Waals surface area contributed by atoms with Crippen molar-refractivity contribution in [3.8, 4) is 39.9 Å². The van der Waals surface area contributed by atoms with Crippen LogP contribution >= 0.6 is 0 Å². The molecule has 0 bridgehead atoms. The van der Waals surface area contributed by atoms with Crippen LogP contribution in [0.3, 0.4) is 0 Å². The highest BCUT2D eigenvalue weighted by Crippen LogP contribution is 2.37. The molecule has 4 rings (SSSR count). The average molecular weight is 362 g/mol. The second-order valence-corrected chi connectivity index (χ2v) is 5.78. The first-order valence-electron chi connectivity index (χ1n) is 8.33. The minimum atomic E-state index is 0.580. The van der Waals surface area contributed by atoms with Crippen molar-refractivity contribution < 1.29 is 14.2 Å². The van der Waals surface area contributed by atoms with Gasteiger partial charge < -0.3 is 14.2 Å². The van der Waals surface area contributed by atoms with Crippen LogP contribution in [0.15, 0.2) is 54.6 Å². The average Bonchev–Trinajstić information content (AvgIpc) is 3.16. The summed E-state index contributed by atoms with van der Waals surface area (Å²) in [7, 11) is 4.84. The van der Waals surface area contributed by atoms with Gasteiger partial charge in [0.25, 0.3) is 0 Å². The Hall–Kier alpha value is -3.61. The Morgan fingerprint density at radius 1 is 0.778 bits per heavy atom. The van der Waals surface area contributed by atoms with E-state index in [1.54, 1.807) is 25.8 Å². The minimum Gasteiger partial charge on any atom is -0.497 e. The van der Waals surface area contributed by atoms with Crippen LogP contribution in [0.2, 0.25) is 0 Å². The smallest absolute Gasteiger partial charge is 0.189 e. The first kappa shape index (κ1) is 16.8. The fourth-order valence-corrected chi connectivity index (χ4v) is 2.94. The number of nitrogens with zero attached hydrogens (tertiary/aromatic N) is 4. The molecule has 7 heteroatoms. The number of methoxy groups -OCH3 is 3. The van der Waals surface area contributed by atoms with Crippen LogP contribution in [0.25, 0.3) is 28.3 Å². The van der Waals surface area contributed by atoms with Crippen LogP contribution in [0, 0.1) is 0 Å². The van der Waals surface area contributed by atoms with Crippen molar-refractivity contribution in [1.82, 2.24) is 19.8 Å². The number of hydrogen-bond acceptors (Lipinski definition) is 6. The van der Waals surface area contributed by atoms with Crippen molar-refractivity contribution in [2.45, 2.75) is 0 Å². The maximum Gasteiger partial charge on any atom is 0.189 e. The Morgan fingerprint density at radius 2 is 1.59 bits per heavy atom. The number of para-hydroxylation sites is 1. The molecule has 2 aromatic carbocycles. The minimum absolute atomic E-state index is 0.580. The van der Waals surface area contributed by atoms with Gasteiger partial charge in [0.05, 0.1) is 32.6 Å². The van der Waals surface area contributed by atoms with E-state index in [0.717, 1.165) is 22.6 Å². The van der Waals surface area contributed by atoms with Gasteiger partial charge in [-0.2, -0.15) is 9.61 Å². The van der Waals surface area contributed by atoms with Gasteiger partial charge >= 0.3 is 0 Å². The van der Waals surface area contributed by atoms with Gasteiger partial charge in [-0.3, -0.25) is 0 Å². The van der Waals surface area contributed by atoms with Crippen LogP contribution < -0.4 is 14.2 Å². The van der Waals surface area contributed by atoms with Gasteiger partial charge in [-0.15, -0.1) is 10.2 Å². The van der Waals surface area contributed by atoms with E-state index >= 15 is 0 Å². The summed E-state index contributed by atoms with van der Waals surface area (Å²) < 4.78 is 17.8. The van der Waals surface area contributed by atoms with Crippen LogP contribution in [0.5, 0.6) is 17.2 Å². The topological polar surface area (TPSA) is 70.8 Å². The first-order valence-corrected chi connectivity index (χ1v) is 8.33. The molecular formula is C20H18N4O3. The molecule has 0 radical (unpaired) electrons. The van der Waals surface area contributed by atoms with Crippen molar-refractivity contribution in [2.24, 2.45) is 0 Å². The van der Waals surface area contributed by atoms with E-state index in [0.29, 0.717) is 23.0 Å². The standard InChI is InChI=1S/C20H18N4O3/c1-25-14-9-7-13(8-10-14)16-11-12-18-21-22-20(24(18)23-16)15-5-4-6-17(26-2)19(15)27-3/h4-12H,1-3H3. The monoisotopic (exact) mass is 362 g/mol. The molecule has 0 saturated heterocycles. The van der Waals surface area contributed by atoms with Gasteiger partial charge in [-0.1, -0.05) is 6.07 Å². The van der Waals surface area contributed by atoms with E-state index in [-0.39, 0.29) is 0 Å².